The van der Waals surface area contributed by atoms with Crippen LogP contribution >= 0.6 is 0 Å². The lowest BCUT2D eigenvalue weighted by Gasteiger charge is -2.14. The van der Waals surface area contributed by atoms with Crippen molar-refractivity contribution in [2.75, 3.05) is 16.4 Å². The van der Waals surface area contributed by atoms with Gasteiger partial charge in [-0.05, 0) is 25.7 Å². The van der Waals surface area contributed by atoms with Crippen molar-refractivity contribution in [2.45, 2.75) is 44.2 Å². The Morgan fingerprint density at radius 3 is 2.52 bits per heavy atom. The Hall–Kier alpha value is -3.04. The highest BCUT2D eigenvalue weighted by Crippen LogP contribution is 2.30. The molecule has 8 nitrogen and oxygen atoms in total. The van der Waals surface area contributed by atoms with Gasteiger partial charge in [-0.15, -0.1) is 0 Å². The Balaban J connectivity index is 1.58. The van der Waals surface area contributed by atoms with Gasteiger partial charge < -0.3 is 21.7 Å². The summed E-state index contributed by atoms with van der Waals surface area (Å²) >= 11 is 0. The van der Waals surface area contributed by atoms with Gasteiger partial charge in [0.25, 0.3) is 12.3 Å². The molecule has 2 aliphatic carbocycles. The fourth-order valence-electron chi connectivity index (χ4n) is 2.54. The monoisotopic (exact) mass is 375 g/mol. The number of hydrogen-bond donors (Lipinski definition) is 4. The summed E-state index contributed by atoms with van der Waals surface area (Å²) in [5.41, 5.74) is 6.66. The standard InChI is InChI=1S/C17H19F2N7O/c18-15(19)16-24-12(20)6-14(26-16)25-13-5-11(22-8-1-2-8)10(7-21-13)17(27)23-9-3-4-9/h5-9,15H,1-4H2,(H,23,27)(H4,20,21,22,24,25,26). The summed E-state index contributed by atoms with van der Waals surface area (Å²) in [7, 11) is 0. The molecule has 27 heavy (non-hydrogen) atoms. The van der Waals surface area contributed by atoms with Crippen molar-refractivity contribution in [3.63, 3.8) is 0 Å². The number of rotatable bonds is 7. The number of hydrogen-bond acceptors (Lipinski definition) is 7. The summed E-state index contributed by atoms with van der Waals surface area (Å²) in [5.74, 6) is -0.433. The van der Waals surface area contributed by atoms with Gasteiger partial charge in [-0.3, -0.25) is 4.79 Å². The van der Waals surface area contributed by atoms with Gasteiger partial charge in [0.05, 0.1) is 11.3 Å². The predicted molar refractivity (Wildman–Crippen MR) is 96.1 cm³/mol. The van der Waals surface area contributed by atoms with Gasteiger partial charge in [0, 0.05) is 30.4 Å². The van der Waals surface area contributed by atoms with E-state index < -0.39 is 12.2 Å². The van der Waals surface area contributed by atoms with E-state index in [1.165, 1.54) is 12.3 Å². The average Bonchev–Trinajstić information content (AvgIpc) is 3.51. The van der Waals surface area contributed by atoms with Crippen LogP contribution in [0.15, 0.2) is 18.3 Å². The number of halogens is 2. The number of nitrogens with zero attached hydrogens (tertiary/aromatic N) is 3. The normalized spacial score (nSPS) is 16.3. The van der Waals surface area contributed by atoms with Gasteiger partial charge in [0.2, 0.25) is 0 Å². The van der Waals surface area contributed by atoms with Crippen molar-refractivity contribution in [2.24, 2.45) is 0 Å². The van der Waals surface area contributed by atoms with Crippen LogP contribution in [-0.2, 0) is 0 Å². The summed E-state index contributed by atoms with van der Waals surface area (Å²) in [4.78, 5) is 23.9. The maximum absolute atomic E-state index is 12.9. The fourth-order valence-corrected chi connectivity index (χ4v) is 2.54. The van der Waals surface area contributed by atoms with E-state index in [9.17, 15) is 13.6 Å². The van der Waals surface area contributed by atoms with Gasteiger partial charge >= 0.3 is 0 Å². The maximum atomic E-state index is 12.9. The van der Waals surface area contributed by atoms with Crippen LogP contribution in [0.2, 0.25) is 0 Å². The highest BCUT2D eigenvalue weighted by Gasteiger charge is 2.27. The first-order valence-electron chi connectivity index (χ1n) is 8.75. The predicted octanol–water partition coefficient (Wildman–Crippen LogP) is 2.60. The van der Waals surface area contributed by atoms with Gasteiger partial charge in [-0.25, -0.2) is 23.7 Å². The number of carbonyl (C=O) groups is 1. The molecule has 0 spiro atoms. The third-order valence-electron chi connectivity index (χ3n) is 4.21. The first kappa shape index (κ1) is 17.4. The minimum absolute atomic E-state index is 0.0699. The summed E-state index contributed by atoms with van der Waals surface area (Å²) in [6, 6.07) is 3.57. The van der Waals surface area contributed by atoms with Crippen molar-refractivity contribution in [3.8, 4) is 0 Å². The number of nitrogen functional groups attached to an aromatic ring is 1. The highest BCUT2D eigenvalue weighted by molar-refractivity contribution is 6.00. The van der Waals surface area contributed by atoms with Crippen LogP contribution in [0.4, 0.5) is 31.9 Å². The Labute approximate surface area is 154 Å². The van der Waals surface area contributed by atoms with Gasteiger partial charge in [-0.1, -0.05) is 0 Å². The smallest absolute Gasteiger partial charge is 0.297 e. The molecule has 0 bridgehead atoms. The molecular weight excluding hydrogens is 356 g/mol. The van der Waals surface area contributed by atoms with E-state index in [-0.39, 0.29) is 23.6 Å². The van der Waals surface area contributed by atoms with E-state index in [0.29, 0.717) is 23.1 Å². The average molecular weight is 375 g/mol. The topological polar surface area (TPSA) is 118 Å². The molecule has 2 heterocycles. The van der Waals surface area contributed by atoms with Crippen molar-refractivity contribution in [1.29, 1.82) is 0 Å². The van der Waals surface area contributed by atoms with E-state index >= 15 is 0 Å². The summed E-state index contributed by atoms with van der Waals surface area (Å²) < 4.78 is 25.7. The van der Waals surface area contributed by atoms with Crippen molar-refractivity contribution < 1.29 is 13.6 Å². The SMILES string of the molecule is Nc1cc(Nc2cc(NC3CC3)c(C(=O)NC3CC3)cn2)nc(C(F)F)n1. The molecule has 142 valence electrons. The number of alkyl halides is 2. The van der Waals surface area contributed by atoms with Crippen LogP contribution in [0.5, 0.6) is 0 Å². The number of carbonyl (C=O) groups excluding carboxylic acids is 1. The molecule has 0 unspecified atom stereocenters. The highest BCUT2D eigenvalue weighted by atomic mass is 19.3. The zero-order valence-electron chi connectivity index (χ0n) is 14.4. The second-order valence-corrected chi connectivity index (χ2v) is 6.74. The fraction of sp³-hybridized carbons (Fsp3) is 0.412. The van der Waals surface area contributed by atoms with Crippen molar-refractivity contribution >= 4 is 29.0 Å². The zero-order valence-corrected chi connectivity index (χ0v) is 14.4. The zero-order chi connectivity index (χ0) is 19.0. The minimum Gasteiger partial charge on any atom is -0.384 e. The van der Waals surface area contributed by atoms with Crippen LogP contribution < -0.4 is 21.7 Å². The molecule has 0 radical (unpaired) electrons. The minimum atomic E-state index is -2.83. The number of aromatic nitrogens is 3. The molecule has 2 aromatic rings. The van der Waals surface area contributed by atoms with E-state index in [1.807, 2.05) is 0 Å². The van der Waals surface area contributed by atoms with E-state index in [0.717, 1.165) is 25.7 Å². The van der Waals surface area contributed by atoms with Crippen LogP contribution in [0.25, 0.3) is 0 Å². The van der Waals surface area contributed by atoms with Gasteiger partial charge in [0.15, 0.2) is 5.82 Å². The number of pyridine rings is 1. The molecule has 10 heteroatoms. The first-order chi connectivity index (χ1) is 13.0. The molecule has 5 N–H and O–H groups in total. The molecule has 2 fully saturated rings. The van der Waals surface area contributed by atoms with Crippen LogP contribution in [0.1, 0.15) is 48.3 Å². The lowest BCUT2D eigenvalue weighted by Crippen LogP contribution is -2.26. The largest absolute Gasteiger partial charge is 0.384 e. The molecule has 4 rings (SSSR count). The third-order valence-corrected chi connectivity index (χ3v) is 4.21. The Kier molecular flexibility index (Phi) is 4.46. The van der Waals surface area contributed by atoms with E-state index in [2.05, 4.69) is 30.9 Å². The quantitative estimate of drug-likeness (QED) is 0.587. The number of amides is 1. The Morgan fingerprint density at radius 2 is 1.85 bits per heavy atom. The van der Waals surface area contributed by atoms with Crippen molar-refractivity contribution in [1.82, 2.24) is 20.3 Å². The molecule has 0 aromatic carbocycles. The van der Waals surface area contributed by atoms with E-state index in [4.69, 9.17) is 5.73 Å². The second-order valence-electron chi connectivity index (χ2n) is 6.74. The molecule has 1 amide bonds. The Bertz CT molecular complexity index is 868. The molecule has 0 aliphatic heterocycles. The third kappa shape index (κ3) is 4.39. The van der Waals surface area contributed by atoms with Crippen LogP contribution in [-0.4, -0.2) is 32.9 Å². The van der Waals surface area contributed by atoms with Gasteiger partial charge in [-0.2, -0.15) is 0 Å². The number of nitrogens with one attached hydrogen (secondary N) is 3. The maximum Gasteiger partial charge on any atom is 0.297 e. The van der Waals surface area contributed by atoms with E-state index in [1.54, 1.807) is 6.07 Å². The van der Waals surface area contributed by atoms with Gasteiger partial charge in [0.1, 0.15) is 17.5 Å². The summed E-state index contributed by atoms with van der Waals surface area (Å²) in [5, 5.41) is 9.09. The lowest BCUT2D eigenvalue weighted by molar-refractivity contribution is 0.0951. The van der Waals surface area contributed by atoms with Crippen LogP contribution in [0.3, 0.4) is 0 Å². The molecule has 2 saturated carbocycles. The number of anilines is 4. The molecular formula is C17H19F2N7O. The molecule has 0 saturated heterocycles. The molecule has 2 aromatic heterocycles. The Morgan fingerprint density at radius 1 is 1.11 bits per heavy atom. The lowest BCUT2D eigenvalue weighted by atomic mass is 10.2. The number of nitrogens with two attached hydrogens (primary N) is 1. The summed E-state index contributed by atoms with van der Waals surface area (Å²) in [6.07, 6.45) is 2.69. The molecule has 2 aliphatic rings. The second kappa shape index (κ2) is 6.93. The van der Waals surface area contributed by atoms with Crippen LogP contribution in [0, 0.1) is 0 Å². The molecule has 0 atom stereocenters. The summed E-state index contributed by atoms with van der Waals surface area (Å²) in [6.45, 7) is 0. The van der Waals surface area contributed by atoms with Crippen molar-refractivity contribution in [3.05, 3.63) is 29.7 Å². The first-order valence-corrected chi connectivity index (χ1v) is 8.75.